The molecule has 1 heterocycles. The summed E-state index contributed by atoms with van der Waals surface area (Å²) in [7, 11) is 0. The number of rotatable bonds is 5. The Morgan fingerprint density at radius 1 is 1.09 bits per heavy atom. The van der Waals surface area contributed by atoms with E-state index in [1.807, 2.05) is 36.4 Å². The monoisotopic (exact) mass is 556 g/mol. The van der Waals surface area contributed by atoms with E-state index in [1.165, 1.54) is 0 Å². The average Bonchev–Trinajstić information content (AvgIpc) is 2.73. The normalized spacial score (nSPS) is 15.4. The van der Waals surface area contributed by atoms with Crippen molar-refractivity contribution in [3.63, 3.8) is 0 Å². The first-order valence-corrected chi connectivity index (χ1v) is 12.1. The highest BCUT2D eigenvalue weighted by Crippen LogP contribution is 2.38. The molecule has 4 rings (SSSR count). The summed E-state index contributed by atoms with van der Waals surface area (Å²) in [6.45, 7) is 7.27. The lowest BCUT2D eigenvalue weighted by atomic mass is 9.98. The molecule has 3 aromatic carbocycles. The van der Waals surface area contributed by atoms with Crippen LogP contribution in [0, 0.1) is 0 Å². The van der Waals surface area contributed by atoms with Crippen LogP contribution in [0.2, 0.25) is 0 Å². The van der Waals surface area contributed by atoms with E-state index >= 15 is 0 Å². The SMILES string of the molecule is CC1(C)CN(c2ccc(-c3cccc(C(N)=O)c3Nc3cccc(Br)c3)cc2Br)CCN1. The van der Waals surface area contributed by atoms with Crippen LogP contribution in [0.4, 0.5) is 17.1 Å². The van der Waals surface area contributed by atoms with Gasteiger partial charge in [0, 0.05) is 45.4 Å². The van der Waals surface area contributed by atoms with Crippen molar-refractivity contribution >= 4 is 54.8 Å². The van der Waals surface area contributed by atoms with Gasteiger partial charge in [0.05, 0.1) is 16.9 Å². The summed E-state index contributed by atoms with van der Waals surface area (Å²) in [5.41, 5.74) is 10.9. The molecule has 0 aromatic heterocycles. The van der Waals surface area contributed by atoms with Gasteiger partial charge in [0.1, 0.15) is 0 Å². The van der Waals surface area contributed by atoms with E-state index in [9.17, 15) is 4.79 Å². The van der Waals surface area contributed by atoms with Gasteiger partial charge in [-0.3, -0.25) is 4.79 Å². The van der Waals surface area contributed by atoms with E-state index in [1.54, 1.807) is 6.07 Å². The molecular weight excluding hydrogens is 532 g/mol. The third-order valence-electron chi connectivity index (χ3n) is 5.59. The molecule has 1 amide bonds. The van der Waals surface area contributed by atoms with Crippen LogP contribution in [0.15, 0.2) is 69.6 Å². The maximum atomic E-state index is 12.2. The Morgan fingerprint density at radius 2 is 1.88 bits per heavy atom. The first-order valence-electron chi connectivity index (χ1n) is 10.5. The molecule has 166 valence electrons. The number of amides is 1. The van der Waals surface area contributed by atoms with Crippen molar-refractivity contribution < 1.29 is 4.79 Å². The molecule has 0 aliphatic carbocycles. The van der Waals surface area contributed by atoms with Crippen molar-refractivity contribution in [3.05, 3.63) is 75.2 Å². The Hall–Kier alpha value is -2.35. The maximum Gasteiger partial charge on any atom is 0.250 e. The quantitative estimate of drug-likeness (QED) is 0.365. The van der Waals surface area contributed by atoms with E-state index in [-0.39, 0.29) is 5.54 Å². The third kappa shape index (κ3) is 5.00. The minimum Gasteiger partial charge on any atom is -0.368 e. The number of carbonyl (C=O) groups excluding carboxylic acids is 1. The van der Waals surface area contributed by atoms with E-state index in [0.717, 1.165) is 51.1 Å². The van der Waals surface area contributed by atoms with Crippen LogP contribution in [0.3, 0.4) is 0 Å². The molecule has 0 spiro atoms. The van der Waals surface area contributed by atoms with Gasteiger partial charge in [-0.1, -0.05) is 40.2 Å². The number of anilines is 3. The summed E-state index contributed by atoms with van der Waals surface area (Å²) < 4.78 is 1.97. The highest BCUT2D eigenvalue weighted by Gasteiger charge is 2.27. The largest absolute Gasteiger partial charge is 0.368 e. The number of nitrogens with one attached hydrogen (secondary N) is 2. The van der Waals surface area contributed by atoms with Gasteiger partial charge in [0.15, 0.2) is 0 Å². The van der Waals surface area contributed by atoms with Crippen LogP contribution in [0.1, 0.15) is 24.2 Å². The number of nitrogens with zero attached hydrogens (tertiary/aromatic N) is 1. The molecule has 1 saturated heterocycles. The van der Waals surface area contributed by atoms with Crippen molar-refractivity contribution in [2.75, 3.05) is 29.9 Å². The summed E-state index contributed by atoms with van der Waals surface area (Å²) in [5, 5.41) is 6.96. The number of benzene rings is 3. The molecule has 0 saturated carbocycles. The van der Waals surface area contributed by atoms with Crippen molar-refractivity contribution in [3.8, 4) is 11.1 Å². The Balaban J connectivity index is 1.74. The number of halogens is 2. The highest BCUT2D eigenvalue weighted by molar-refractivity contribution is 9.10. The minimum absolute atomic E-state index is 0.0627. The van der Waals surface area contributed by atoms with Gasteiger partial charge in [-0.05, 0) is 71.7 Å². The zero-order valence-corrected chi connectivity index (χ0v) is 21.3. The molecule has 1 aliphatic heterocycles. The molecule has 7 heteroatoms. The van der Waals surface area contributed by atoms with E-state index in [4.69, 9.17) is 5.73 Å². The summed E-state index contributed by atoms with van der Waals surface area (Å²) in [6, 6.07) is 19.8. The summed E-state index contributed by atoms with van der Waals surface area (Å²) in [4.78, 5) is 14.6. The van der Waals surface area contributed by atoms with E-state index in [2.05, 4.69) is 79.4 Å². The molecule has 1 aliphatic rings. The zero-order chi connectivity index (χ0) is 22.9. The van der Waals surface area contributed by atoms with Crippen LogP contribution in [-0.4, -0.2) is 31.1 Å². The number of nitrogens with two attached hydrogens (primary N) is 1. The number of piperazine rings is 1. The average molecular weight is 558 g/mol. The van der Waals surface area contributed by atoms with Crippen LogP contribution in [-0.2, 0) is 0 Å². The Kier molecular flexibility index (Phi) is 6.60. The van der Waals surface area contributed by atoms with Gasteiger partial charge in [-0.15, -0.1) is 0 Å². The predicted molar refractivity (Wildman–Crippen MR) is 140 cm³/mol. The molecule has 5 nitrogen and oxygen atoms in total. The Labute approximate surface area is 205 Å². The first-order chi connectivity index (χ1) is 15.2. The molecule has 3 aromatic rings. The van der Waals surface area contributed by atoms with Crippen molar-refractivity contribution in [2.45, 2.75) is 19.4 Å². The van der Waals surface area contributed by atoms with Crippen molar-refractivity contribution in [1.29, 1.82) is 0 Å². The fourth-order valence-electron chi connectivity index (χ4n) is 4.12. The van der Waals surface area contributed by atoms with Crippen molar-refractivity contribution in [1.82, 2.24) is 5.32 Å². The number of para-hydroxylation sites is 1. The Morgan fingerprint density at radius 3 is 2.56 bits per heavy atom. The van der Waals surface area contributed by atoms with Crippen LogP contribution in [0.25, 0.3) is 11.1 Å². The predicted octanol–water partition coefficient (Wildman–Crippen LogP) is 5.91. The number of carbonyl (C=O) groups is 1. The van der Waals surface area contributed by atoms with Crippen LogP contribution >= 0.6 is 31.9 Å². The third-order valence-corrected chi connectivity index (χ3v) is 6.72. The zero-order valence-electron chi connectivity index (χ0n) is 18.1. The molecule has 4 N–H and O–H groups in total. The number of primary amides is 1. The van der Waals surface area contributed by atoms with Gasteiger partial charge in [-0.2, -0.15) is 0 Å². The summed E-state index contributed by atoms with van der Waals surface area (Å²) >= 11 is 7.29. The van der Waals surface area contributed by atoms with Gasteiger partial charge in [0.2, 0.25) is 0 Å². The first kappa shape index (κ1) is 22.8. The second-order valence-corrected chi connectivity index (χ2v) is 10.4. The standard InChI is InChI=1S/C25H26Br2N4O/c1-25(2)15-31(12-11-29-25)22-10-9-16(13-21(22)27)19-7-4-8-20(24(28)32)23(19)30-18-6-3-5-17(26)14-18/h3-10,13-14,29-30H,11-12,15H2,1-2H3,(H2,28,32). The van der Waals surface area contributed by atoms with Gasteiger partial charge < -0.3 is 21.3 Å². The summed E-state index contributed by atoms with van der Waals surface area (Å²) in [5.74, 6) is -0.469. The lowest BCUT2D eigenvalue weighted by molar-refractivity contribution is 0.100. The van der Waals surface area contributed by atoms with Gasteiger partial charge >= 0.3 is 0 Å². The van der Waals surface area contributed by atoms with E-state index < -0.39 is 5.91 Å². The Bertz CT molecular complexity index is 1160. The smallest absolute Gasteiger partial charge is 0.250 e. The lowest BCUT2D eigenvalue weighted by Crippen LogP contribution is -2.57. The van der Waals surface area contributed by atoms with Crippen molar-refractivity contribution in [2.24, 2.45) is 5.73 Å². The molecule has 1 fully saturated rings. The fourth-order valence-corrected chi connectivity index (χ4v) is 5.15. The van der Waals surface area contributed by atoms with Gasteiger partial charge in [-0.25, -0.2) is 0 Å². The van der Waals surface area contributed by atoms with Gasteiger partial charge in [0.25, 0.3) is 5.91 Å². The second-order valence-electron chi connectivity index (χ2n) is 8.63. The topological polar surface area (TPSA) is 70.4 Å². The molecule has 0 radical (unpaired) electrons. The molecule has 0 bridgehead atoms. The summed E-state index contributed by atoms with van der Waals surface area (Å²) in [6.07, 6.45) is 0. The minimum atomic E-state index is -0.469. The second kappa shape index (κ2) is 9.25. The molecular formula is C25H26Br2N4O. The molecule has 32 heavy (non-hydrogen) atoms. The highest BCUT2D eigenvalue weighted by atomic mass is 79.9. The lowest BCUT2D eigenvalue weighted by Gasteiger charge is -2.40. The van der Waals surface area contributed by atoms with Crippen LogP contribution in [0.5, 0.6) is 0 Å². The maximum absolute atomic E-state index is 12.2. The number of hydrogen-bond acceptors (Lipinski definition) is 4. The molecule has 0 unspecified atom stereocenters. The molecule has 0 atom stereocenters. The van der Waals surface area contributed by atoms with Crippen LogP contribution < -0.4 is 21.3 Å². The van der Waals surface area contributed by atoms with E-state index in [0.29, 0.717) is 11.3 Å². The fraction of sp³-hybridized carbons (Fsp3) is 0.240. The number of hydrogen-bond donors (Lipinski definition) is 3.